The minimum Gasteiger partial charge on any atom is -0.386 e. The Morgan fingerprint density at radius 3 is 2.80 bits per heavy atom. The molecule has 8 heteroatoms. The van der Waals surface area contributed by atoms with Crippen molar-refractivity contribution in [2.75, 3.05) is 0 Å². The molecule has 6 nitrogen and oxygen atoms in total. The van der Waals surface area contributed by atoms with Crippen molar-refractivity contribution < 1.29 is 14.3 Å². The number of rotatable bonds is 3. The van der Waals surface area contributed by atoms with Crippen molar-refractivity contribution >= 4 is 17.3 Å². The van der Waals surface area contributed by atoms with Gasteiger partial charge in [-0.05, 0) is 37.8 Å². The van der Waals surface area contributed by atoms with E-state index in [0.717, 1.165) is 32.1 Å². The summed E-state index contributed by atoms with van der Waals surface area (Å²) in [5, 5.41) is 19.6. The van der Waals surface area contributed by atoms with Gasteiger partial charge in [0.25, 0.3) is 0 Å². The van der Waals surface area contributed by atoms with Crippen LogP contribution in [0, 0.1) is 5.82 Å². The molecule has 25 heavy (non-hydrogen) atoms. The molecular weight excluding hydrogens is 347 g/mol. The van der Waals surface area contributed by atoms with Crippen molar-refractivity contribution in [3.63, 3.8) is 0 Å². The van der Waals surface area contributed by atoms with Crippen LogP contribution in [0.1, 0.15) is 43.7 Å². The first-order chi connectivity index (χ1) is 12.1. The standard InChI is InChI=1S/C17H18ClFN4O2/c18-11-4-5-12(13(19)8-11)15(23-10-20-9-21-23)14-16(24)17(25-22-14)6-2-1-3-7-17/h4-5,8-10,15-16,24H,1-3,6-7H2. The van der Waals surface area contributed by atoms with Crippen LogP contribution >= 0.6 is 11.6 Å². The minimum absolute atomic E-state index is 0.299. The van der Waals surface area contributed by atoms with Gasteiger partial charge < -0.3 is 9.94 Å². The van der Waals surface area contributed by atoms with Crippen molar-refractivity contribution in [3.05, 3.63) is 47.3 Å². The molecule has 2 aromatic rings. The Hall–Kier alpha value is -1.99. The van der Waals surface area contributed by atoms with Crippen LogP contribution in [0.15, 0.2) is 36.0 Å². The first-order valence-corrected chi connectivity index (χ1v) is 8.72. The molecule has 1 aliphatic heterocycles. The van der Waals surface area contributed by atoms with Gasteiger partial charge in [-0.25, -0.2) is 14.1 Å². The summed E-state index contributed by atoms with van der Waals surface area (Å²) in [6.07, 6.45) is 6.44. The summed E-state index contributed by atoms with van der Waals surface area (Å²) >= 11 is 5.87. The van der Waals surface area contributed by atoms with E-state index in [1.54, 1.807) is 12.1 Å². The lowest BCUT2D eigenvalue weighted by molar-refractivity contribution is -0.0972. The number of aliphatic hydroxyl groups is 1. The van der Waals surface area contributed by atoms with Gasteiger partial charge >= 0.3 is 0 Å². The fourth-order valence-corrected chi connectivity index (χ4v) is 3.90. The fourth-order valence-electron chi connectivity index (χ4n) is 3.74. The van der Waals surface area contributed by atoms with Crippen molar-refractivity contribution in [1.82, 2.24) is 14.8 Å². The molecule has 132 valence electrons. The second-order valence-electron chi connectivity index (χ2n) is 6.58. The molecule has 0 radical (unpaired) electrons. The summed E-state index contributed by atoms with van der Waals surface area (Å²) in [6.45, 7) is 0. The molecule has 1 fully saturated rings. The van der Waals surface area contributed by atoms with Crippen molar-refractivity contribution in [2.24, 2.45) is 5.16 Å². The number of hydrogen-bond donors (Lipinski definition) is 1. The van der Waals surface area contributed by atoms with E-state index >= 15 is 0 Å². The Morgan fingerprint density at radius 1 is 1.32 bits per heavy atom. The normalized spacial score (nSPS) is 23.3. The van der Waals surface area contributed by atoms with Crippen molar-refractivity contribution in [3.8, 4) is 0 Å². The molecule has 1 aliphatic carbocycles. The molecule has 4 rings (SSSR count). The van der Waals surface area contributed by atoms with Crippen LogP contribution in [0.25, 0.3) is 0 Å². The number of aliphatic hydroxyl groups excluding tert-OH is 1. The maximum Gasteiger partial charge on any atom is 0.168 e. The third kappa shape index (κ3) is 2.81. The van der Waals surface area contributed by atoms with Crippen LogP contribution < -0.4 is 0 Å². The van der Waals surface area contributed by atoms with Gasteiger partial charge in [0, 0.05) is 10.6 Å². The van der Waals surface area contributed by atoms with Gasteiger partial charge in [0.15, 0.2) is 5.60 Å². The van der Waals surface area contributed by atoms with Gasteiger partial charge in [-0.15, -0.1) is 0 Å². The van der Waals surface area contributed by atoms with Gasteiger partial charge in [0.2, 0.25) is 0 Å². The molecule has 2 heterocycles. The van der Waals surface area contributed by atoms with Gasteiger partial charge in [-0.1, -0.05) is 29.2 Å². The number of halogens is 2. The molecule has 1 aromatic heterocycles. The summed E-state index contributed by atoms with van der Waals surface area (Å²) in [4.78, 5) is 9.64. The third-order valence-electron chi connectivity index (χ3n) is 5.05. The highest BCUT2D eigenvalue weighted by molar-refractivity contribution is 6.30. The zero-order valence-corrected chi connectivity index (χ0v) is 14.2. The molecule has 0 amide bonds. The second-order valence-corrected chi connectivity index (χ2v) is 7.02. The minimum atomic E-state index is -0.919. The zero-order chi connectivity index (χ0) is 17.4. The molecule has 1 N–H and O–H groups in total. The molecule has 0 bridgehead atoms. The quantitative estimate of drug-likeness (QED) is 0.908. The van der Waals surface area contributed by atoms with Crippen molar-refractivity contribution in [2.45, 2.75) is 49.9 Å². The van der Waals surface area contributed by atoms with Gasteiger partial charge in [0.1, 0.15) is 36.3 Å². The van der Waals surface area contributed by atoms with E-state index < -0.39 is 23.6 Å². The van der Waals surface area contributed by atoms with Gasteiger partial charge in [-0.2, -0.15) is 5.10 Å². The Balaban J connectivity index is 1.75. The number of aromatic nitrogens is 3. The number of oxime groups is 1. The first-order valence-electron chi connectivity index (χ1n) is 8.34. The number of benzene rings is 1. The van der Waals surface area contributed by atoms with Gasteiger partial charge in [0.05, 0.1) is 0 Å². The lowest BCUT2D eigenvalue weighted by Gasteiger charge is -2.34. The predicted octanol–water partition coefficient (Wildman–Crippen LogP) is 3.11. The van der Waals surface area contributed by atoms with E-state index in [1.165, 1.54) is 23.4 Å². The van der Waals surface area contributed by atoms with E-state index in [-0.39, 0.29) is 0 Å². The van der Waals surface area contributed by atoms with Crippen LogP contribution in [-0.4, -0.2) is 37.3 Å². The lowest BCUT2D eigenvalue weighted by Crippen LogP contribution is -2.47. The smallest absolute Gasteiger partial charge is 0.168 e. The SMILES string of the molecule is OC1C(C(c2ccc(Cl)cc2F)n2cncn2)=NOC12CCCCC2. The Kier molecular flexibility index (Phi) is 4.21. The predicted molar refractivity (Wildman–Crippen MR) is 89.9 cm³/mol. The highest BCUT2D eigenvalue weighted by atomic mass is 35.5. The number of nitrogens with zero attached hydrogens (tertiary/aromatic N) is 4. The molecule has 1 saturated carbocycles. The van der Waals surface area contributed by atoms with Crippen LogP contribution in [0.4, 0.5) is 4.39 Å². The van der Waals surface area contributed by atoms with Crippen LogP contribution in [0.5, 0.6) is 0 Å². The largest absolute Gasteiger partial charge is 0.386 e. The highest BCUT2D eigenvalue weighted by Gasteiger charge is 2.51. The topological polar surface area (TPSA) is 72.5 Å². The average molecular weight is 365 g/mol. The van der Waals surface area contributed by atoms with E-state index in [9.17, 15) is 9.50 Å². The molecule has 1 aromatic carbocycles. The van der Waals surface area contributed by atoms with Crippen LogP contribution in [-0.2, 0) is 4.84 Å². The van der Waals surface area contributed by atoms with Gasteiger partial charge in [-0.3, -0.25) is 0 Å². The Morgan fingerprint density at radius 2 is 2.12 bits per heavy atom. The molecule has 1 spiro atoms. The third-order valence-corrected chi connectivity index (χ3v) is 5.28. The monoisotopic (exact) mass is 364 g/mol. The summed E-state index contributed by atoms with van der Waals surface area (Å²) in [5.41, 5.74) is -0.0623. The lowest BCUT2D eigenvalue weighted by atomic mass is 9.78. The summed E-state index contributed by atoms with van der Waals surface area (Å²) in [6, 6.07) is 3.67. The van der Waals surface area contributed by atoms with E-state index in [0.29, 0.717) is 16.3 Å². The molecule has 0 saturated heterocycles. The number of hydrogen-bond acceptors (Lipinski definition) is 5. The molecule has 2 unspecified atom stereocenters. The molecule has 2 atom stereocenters. The van der Waals surface area contributed by atoms with Crippen LogP contribution in [0.2, 0.25) is 5.02 Å². The fraction of sp³-hybridized carbons (Fsp3) is 0.471. The summed E-state index contributed by atoms with van der Waals surface area (Å²) in [7, 11) is 0. The summed E-state index contributed by atoms with van der Waals surface area (Å²) < 4.78 is 16.1. The second kappa shape index (κ2) is 6.38. The highest BCUT2D eigenvalue weighted by Crippen LogP contribution is 2.41. The Bertz CT molecular complexity index is 790. The Labute approximate surface area is 149 Å². The summed E-state index contributed by atoms with van der Waals surface area (Å²) in [5.74, 6) is -0.493. The molecule has 2 aliphatic rings. The molecular formula is C17H18ClFN4O2. The zero-order valence-electron chi connectivity index (χ0n) is 13.5. The maximum absolute atomic E-state index is 14.6. The first kappa shape index (κ1) is 16.5. The van der Waals surface area contributed by atoms with Crippen molar-refractivity contribution in [1.29, 1.82) is 0 Å². The van der Waals surface area contributed by atoms with E-state index in [1.807, 2.05) is 0 Å². The average Bonchev–Trinajstić information content (AvgIpc) is 3.23. The van der Waals surface area contributed by atoms with E-state index in [4.69, 9.17) is 16.4 Å². The van der Waals surface area contributed by atoms with E-state index in [2.05, 4.69) is 15.2 Å². The maximum atomic E-state index is 14.6. The van der Waals surface area contributed by atoms with Crippen LogP contribution in [0.3, 0.4) is 0 Å².